The molecule has 0 saturated heterocycles. The Kier molecular flexibility index (Phi) is 4.09. The maximum absolute atomic E-state index is 12.0. The molecule has 1 atom stereocenters. The lowest BCUT2D eigenvalue weighted by atomic mass is 10.2. The van der Waals surface area contributed by atoms with Crippen LogP contribution < -0.4 is 5.32 Å². The average molecular weight is 274 g/mol. The highest BCUT2D eigenvalue weighted by molar-refractivity contribution is 7.17. The SMILES string of the molecule is CC(CC(F)(F)F)NC(=O)c1nnc(Cl)s1. The third-order valence-corrected chi connectivity index (χ3v) is 2.53. The zero-order chi connectivity index (χ0) is 12.3. The van der Waals surface area contributed by atoms with Gasteiger partial charge in [0.1, 0.15) is 0 Å². The van der Waals surface area contributed by atoms with Crippen molar-refractivity contribution < 1.29 is 18.0 Å². The van der Waals surface area contributed by atoms with E-state index in [1.807, 2.05) is 0 Å². The number of hydrogen-bond acceptors (Lipinski definition) is 4. The highest BCUT2D eigenvalue weighted by atomic mass is 35.5. The summed E-state index contributed by atoms with van der Waals surface area (Å²) in [6, 6.07) is -1.02. The van der Waals surface area contributed by atoms with E-state index in [2.05, 4.69) is 15.5 Å². The van der Waals surface area contributed by atoms with Crippen LogP contribution in [0.4, 0.5) is 13.2 Å². The van der Waals surface area contributed by atoms with Crippen molar-refractivity contribution in [2.24, 2.45) is 0 Å². The third-order valence-electron chi connectivity index (χ3n) is 1.51. The average Bonchev–Trinajstić information content (AvgIpc) is 2.47. The van der Waals surface area contributed by atoms with E-state index in [0.29, 0.717) is 0 Å². The molecule has 16 heavy (non-hydrogen) atoms. The van der Waals surface area contributed by atoms with Gasteiger partial charge in [0.15, 0.2) is 0 Å². The van der Waals surface area contributed by atoms with Crippen LogP contribution in [0.3, 0.4) is 0 Å². The molecule has 0 saturated carbocycles. The molecule has 0 radical (unpaired) electrons. The number of aromatic nitrogens is 2. The lowest BCUT2D eigenvalue weighted by Crippen LogP contribution is -2.35. The minimum atomic E-state index is -4.31. The number of halogens is 4. The van der Waals surface area contributed by atoms with Gasteiger partial charge < -0.3 is 5.32 Å². The van der Waals surface area contributed by atoms with Crippen molar-refractivity contribution in [2.75, 3.05) is 0 Å². The first-order valence-electron chi connectivity index (χ1n) is 4.14. The van der Waals surface area contributed by atoms with E-state index < -0.39 is 24.5 Å². The highest BCUT2D eigenvalue weighted by Crippen LogP contribution is 2.21. The fraction of sp³-hybridized carbons (Fsp3) is 0.571. The smallest absolute Gasteiger partial charge is 0.347 e. The Labute approximate surface area is 97.8 Å². The molecule has 0 bridgehead atoms. The fourth-order valence-corrected chi connectivity index (χ4v) is 1.71. The number of amides is 1. The van der Waals surface area contributed by atoms with E-state index in [4.69, 9.17) is 11.6 Å². The predicted molar refractivity (Wildman–Crippen MR) is 52.5 cm³/mol. The van der Waals surface area contributed by atoms with Gasteiger partial charge in [-0.3, -0.25) is 4.79 Å². The maximum atomic E-state index is 12.0. The van der Waals surface area contributed by atoms with Crippen LogP contribution in [-0.4, -0.2) is 28.3 Å². The molecule has 0 aromatic carbocycles. The number of carbonyl (C=O) groups excluding carboxylic acids is 1. The van der Waals surface area contributed by atoms with E-state index in [9.17, 15) is 18.0 Å². The maximum Gasteiger partial charge on any atom is 0.391 e. The molecular weight excluding hydrogens is 267 g/mol. The van der Waals surface area contributed by atoms with E-state index in [1.165, 1.54) is 6.92 Å². The third kappa shape index (κ3) is 4.31. The summed E-state index contributed by atoms with van der Waals surface area (Å²) in [7, 11) is 0. The topological polar surface area (TPSA) is 54.9 Å². The normalized spacial score (nSPS) is 13.6. The molecule has 1 heterocycles. The molecule has 1 aromatic heterocycles. The quantitative estimate of drug-likeness (QED) is 0.919. The number of rotatable bonds is 3. The van der Waals surface area contributed by atoms with Crippen LogP contribution in [0.25, 0.3) is 0 Å². The van der Waals surface area contributed by atoms with Crippen LogP contribution in [0.2, 0.25) is 4.47 Å². The molecule has 4 nitrogen and oxygen atoms in total. The molecule has 0 spiro atoms. The largest absolute Gasteiger partial charge is 0.391 e. The highest BCUT2D eigenvalue weighted by Gasteiger charge is 2.31. The Morgan fingerprint density at radius 1 is 1.56 bits per heavy atom. The summed E-state index contributed by atoms with van der Waals surface area (Å²) in [5, 5.41) is 8.88. The summed E-state index contributed by atoms with van der Waals surface area (Å²) in [4.78, 5) is 11.3. The lowest BCUT2D eigenvalue weighted by molar-refractivity contribution is -0.138. The molecule has 0 aliphatic rings. The Morgan fingerprint density at radius 2 is 2.19 bits per heavy atom. The summed E-state index contributed by atoms with van der Waals surface area (Å²) < 4.78 is 36.0. The van der Waals surface area contributed by atoms with Crippen molar-refractivity contribution >= 4 is 28.8 Å². The molecule has 1 rings (SSSR count). The zero-order valence-electron chi connectivity index (χ0n) is 8.01. The number of alkyl halides is 3. The van der Waals surface area contributed by atoms with Crippen molar-refractivity contribution in [3.05, 3.63) is 9.47 Å². The van der Waals surface area contributed by atoms with Crippen molar-refractivity contribution in [3.8, 4) is 0 Å². The van der Waals surface area contributed by atoms with Gasteiger partial charge in [-0.2, -0.15) is 13.2 Å². The summed E-state index contributed by atoms with van der Waals surface area (Å²) in [5.41, 5.74) is 0. The molecule has 0 fully saturated rings. The van der Waals surface area contributed by atoms with Crippen LogP contribution in [0.15, 0.2) is 0 Å². The summed E-state index contributed by atoms with van der Waals surface area (Å²) in [6.45, 7) is 1.26. The monoisotopic (exact) mass is 273 g/mol. The molecule has 9 heteroatoms. The van der Waals surface area contributed by atoms with E-state index in [-0.39, 0.29) is 9.47 Å². The van der Waals surface area contributed by atoms with E-state index in [1.54, 1.807) is 0 Å². The van der Waals surface area contributed by atoms with Gasteiger partial charge >= 0.3 is 6.18 Å². The minimum absolute atomic E-state index is 0.0565. The van der Waals surface area contributed by atoms with E-state index in [0.717, 1.165) is 11.3 Å². The second-order valence-corrected chi connectivity index (χ2v) is 4.61. The molecule has 90 valence electrons. The van der Waals surface area contributed by atoms with Gasteiger partial charge in [0.2, 0.25) is 9.47 Å². The van der Waals surface area contributed by atoms with E-state index >= 15 is 0 Å². The van der Waals surface area contributed by atoms with Gasteiger partial charge in [0.25, 0.3) is 5.91 Å². The molecule has 1 amide bonds. The first-order valence-corrected chi connectivity index (χ1v) is 5.34. The number of nitrogens with one attached hydrogen (secondary N) is 1. The summed E-state index contributed by atoms with van der Waals surface area (Å²) in [5.74, 6) is -0.707. The van der Waals surface area contributed by atoms with Crippen molar-refractivity contribution in [3.63, 3.8) is 0 Å². The lowest BCUT2D eigenvalue weighted by Gasteiger charge is -2.14. The molecular formula is C7H7ClF3N3OS. The Balaban J connectivity index is 2.52. The van der Waals surface area contributed by atoms with Crippen LogP contribution >= 0.6 is 22.9 Å². The molecule has 1 unspecified atom stereocenters. The second kappa shape index (κ2) is 4.96. The Morgan fingerprint density at radius 3 is 2.62 bits per heavy atom. The summed E-state index contributed by atoms with van der Waals surface area (Å²) in [6.07, 6.45) is -5.41. The first-order chi connectivity index (χ1) is 7.28. The van der Waals surface area contributed by atoms with Gasteiger partial charge in [0, 0.05) is 6.04 Å². The van der Waals surface area contributed by atoms with Crippen LogP contribution in [-0.2, 0) is 0 Å². The molecule has 1 N–H and O–H groups in total. The number of carbonyl (C=O) groups is 1. The fourth-order valence-electron chi connectivity index (χ4n) is 0.981. The van der Waals surface area contributed by atoms with Gasteiger partial charge in [-0.05, 0) is 18.5 Å². The predicted octanol–water partition coefficient (Wildman–Crippen LogP) is 2.26. The molecule has 0 aliphatic heterocycles. The molecule has 1 aromatic rings. The van der Waals surface area contributed by atoms with Crippen molar-refractivity contribution in [2.45, 2.75) is 25.6 Å². The molecule has 0 aliphatic carbocycles. The van der Waals surface area contributed by atoms with Gasteiger partial charge in [-0.25, -0.2) is 0 Å². The zero-order valence-corrected chi connectivity index (χ0v) is 9.58. The van der Waals surface area contributed by atoms with Crippen LogP contribution in [0.1, 0.15) is 23.1 Å². The number of nitrogens with zero attached hydrogens (tertiary/aromatic N) is 2. The second-order valence-electron chi connectivity index (χ2n) is 3.05. The van der Waals surface area contributed by atoms with Gasteiger partial charge in [-0.1, -0.05) is 11.3 Å². The Bertz CT molecular complexity index is 381. The standard InChI is InChI=1S/C7H7ClF3N3OS/c1-3(2-7(9,10)11)12-4(15)5-13-14-6(8)16-5/h3H,2H2,1H3,(H,12,15). The first kappa shape index (κ1) is 13.2. The number of hydrogen-bond donors (Lipinski definition) is 1. The van der Waals surface area contributed by atoms with Crippen LogP contribution in [0, 0.1) is 0 Å². The van der Waals surface area contributed by atoms with Crippen molar-refractivity contribution in [1.82, 2.24) is 15.5 Å². The van der Waals surface area contributed by atoms with Gasteiger partial charge in [-0.15, -0.1) is 10.2 Å². The van der Waals surface area contributed by atoms with Gasteiger partial charge in [0.05, 0.1) is 6.42 Å². The van der Waals surface area contributed by atoms with Crippen molar-refractivity contribution in [1.29, 1.82) is 0 Å². The minimum Gasteiger partial charge on any atom is -0.347 e. The van der Waals surface area contributed by atoms with Crippen LogP contribution in [0.5, 0.6) is 0 Å². The Hall–Kier alpha value is -0.890. The summed E-state index contributed by atoms with van der Waals surface area (Å²) >= 11 is 6.24.